The fourth-order valence-corrected chi connectivity index (χ4v) is 3.59. The third kappa shape index (κ3) is 4.37. The second kappa shape index (κ2) is 8.19. The molecule has 0 bridgehead atoms. The third-order valence-corrected chi connectivity index (χ3v) is 5.40. The van der Waals surface area contributed by atoms with Gasteiger partial charge in [-0.1, -0.05) is 35.3 Å². The molecule has 142 valence electrons. The topological polar surface area (TPSA) is 52.7 Å². The molecule has 1 saturated heterocycles. The largest absolute Gasteiger partial charge is 0.368 e. The lowest BCUT2D eigenvalue weighted by molar-refractivity contribution is -0.143. The zero-order valence-corrected chi connectivity index (χ0v) is 16.8. The van der Waals surface area contributed by atoms with E-state index >= 15 is 0 Å². The molecule has 1 N–H and O–H groups in total. The second-order valence-electron chi connectivity index (χ2n) is 6.58. The van der Waals surface area contributed by atoms with Crippen LogP contribution in [0.15, 0.2) is 36.4 Å². The molecule has 3 rings (SSSR count). The number of nitrogens with one attached hydrogen (secondary N) is 1. The van der Waals surface area contributed by atoms with E-state index < -0.39 is 11.8 Å². The zero-order valence-electron chi connectivity index (χ0n) is 15.3. The number of rotatable bonds is 2. The van der Waals surface area contributed by atoms with E-state index in [4.69, 9.17) is 23.2 Å². The number of nitrogens with zero attached hydrogens (tertiary/aromatic N) is 2. The first-order valence-electron chi connectivity index (χ1n) is 8.73. The SMILES string of the molecule is Cc1cccc(N2CCN(C(=O)C(=O)Nc3ccc(Cl)cc3Cl)CC2)c1C. The Morgan fingerprint density at radius 3 is 2.37 bits per heavy atom. The molecular weight excluding hydrogens is 385 g/mol. The van der Waals surface area contributed by atoms with Gasteiger partial charge < -0.3 is 15.1 Å². The highest BCUT2D eigenvalue weighted by molar-refractivity contribution is 6.42. The molecule has 0 saturated carbocycles. The number of amides is 2. The maximum atomic E-state index is 12.5. The molecule has 2 amide bonds. The molecule has 2 aromatic rings. The van der Waals surface area contributed by atoms with Crippen molar-refractivity contribution in [2.75, 3.05) is 36.4 Å². The monoisotopic (exact) mass is 405 g/mol. The molecule has 0 radical (unpaired) electrons. The lowest BCUT2D eigenvalue weighted by Crippen LogP contribution is -2.51. The van der Waals surface area contributed by atoms with Crippen molar-refractivity contribution < 1.29 is 9.59 Å². The van der Waals surface area contributed by atoms with Crippen LogP contribution in [0.4, 0.5) is 11.4 Å². The summed E-state index contributed by atoms with van der Waals surface area (Å²) in [4.78, 5) is 28.6. The summed E-state index contributed by atoms with van der Waals surface area (Å²) >= 11 is 11.9. The third-order valence-electron chi connectivity index (χ3n) is 4.86. The number of aryl methyl sites for hydroxylation is 1. The molecule has 1 aliphatic heterocycles. The van der Waals surface area contributed by atoms with Gasteiger partial charge in [-0.05, 0) is 49.2 Å². The minimum Gasteiger partial charge on any atom is -0.368 e. The Hall–Kier alpha value is -2.24. The van der Waals surface area contributed by atoms with Gasteiger partial charge in [0.25, 0.3) is 0 Å². The molecule has 0 spiro atoms. The van der Waals surface area contributed by atoms with E-state index in [-0.39, 0.29) is 0 Å². The summed E-state index contributed by atoms with van der Waals surface area (Å²) in [6.45, 7) is 6.55. The Balaban J connectivity index is 1.61. The number of hydrogen-bond acceptors (Lipinski definition) is 3. The van der Waals surface area contributed by atoms with Gasteiger partial charge in [-0.15, -0.1) is 0 Å². The summed E-state index contributed by atoms with van der Waals surface area (Å²) in [5.74, 6) is -1.25. The van der Waals surface area contributed by atoms with Crippen LogP contribution in [0.25, 0.3) is 0 Å². The van der Waals surface area contributed by atoms with Crippen LogP contribution in [0.5, 0.6) is 0 Å². The van der Waals surface area contributed by atoms with Gasteiger partial charge >= 0.3 is 11.8 Å². The molecule has 2 aromatic carbocycles. The fraction of sp³-hybridized carbons (Fsp3) is 0.300. The number of hydrogen-bond donors (Lipinski definition) is 1. The van der Waals surface area contributed by atoms with E-state index in [2.05, 4.69) is 36.2 Å². The Labute approximate surface area is 168 Å². The lowest BCUT2D eigenvalue weighted by Gasteiger charge is -2.36. The van der Waals surface area contributed by atoms with E-state index in [1.165, 1.54) is 22.9 Å². The smallest absolute Gasteiger partial charge is 0.313 e. The van der Waals surface area contributed by atoms with Gasteiger partial charge in [0.1, 0.15) is 0 Å². The Morgan fingerprint density at radius 1 is 1.00 bits per heavy atom. The Morgan fingerprint density at radius 2 is 1.70 bits per heavy atom. The summed E-state index contributed by atoms with van der Waals surface area (Å²) in [6, 6.07) is 10.9. The quantitative estimate of drug-likeness (QED) is 0.770. The van der Waals surface area contributed by atoms with Gasteiger partial charge in [0, 0.05) is 36.9 Å². The first-order chi connectivity index (χ1) is 12.9. The number of carbonyl (C=O) groups excluding carboxylic acids is 2. The molecule has 1 heterocycles. The van der Waals surface area contributed by atoms with Crippen molar-refractivity contribution >= 4 is 46.4 Å². The number of benzene rings is 2. The van der Waals surface area contributed by atoms with Crippen LogP contribution in [-0.4, -0.2) is 42.9 Å². The van der Waals surface area contributed by atoms with Crippen LogP contribution >= 0.6 is 23.2 Å². The van der Waals surface area contributed by atoms with Gasteiger partial charge in [0.15, 0.2) is 0 Å². The Bertz CT molecular complexity index is 878. The van der Waals surface area contributed by atoms with Crippen LogP contribution in [0.2, 0.25) is 10.0 Å². The van der Waals surface area contributed by atoms with Gasteiger partial charge in [0.2, 0.25) is 0 Å². The van der Waals surface area contributed by atoms with Crippen molar-refractivity contribution in [3.63, 3.8) is 0 Å². The van der Waals surface area contributed by atoms with Crippen molar-refractivity contribution in [3.05, 3.63) is 57.6 Å². The predicted molar refractivity (Wildman–Crippen MR) is 110 cm³/mol. The van der Waals surface area contributed by atoms with E-state index in [9.17, 15) is 9.59 Å². The molecule has 1 aliphatic rings. The second-order valence-corrected chi connectivity index (χ2v) is 7.42. The van der Waals surface area contributed by atoms with Crippen LogP contribution in [0.1, 0.15) is 11.1 Å². The number of piperazine rings is 1. The average molecular weight is 406 g/mol. The summed E-state index contributed by atoms with van der Waals surface area (Å²) in [5, 5.41) is 3.32. The predicted octanol–water partition coefficient (Wildman–Crippen LogP) is 3.90. The molecule has 27 heavy (non-hydrogen) atoms. The number of carbonyl (C=O) groups is 2. The maximum absolute atomic E-state index is 12.5. The zero-order chi connectivity index (χ0) is 19.6. The van der Waals surface area contributed by atoms with E-state index in [1.807, 2.05) is 6.07 Å². The average Bonchev–Trinajstić information content (AvgIpc) is 2.66. The van der Waals surface area contributed by atoms with E-state index in [0.717, 1.165) is 0 Å². The number of anilines is 2. The van der Waals surface area contributed by atoms with Crippen molar-refractivity contribution in [3.8, 4) is 0 Å². The molecule has 0 unspecified atom stereocenters. The van der Waals surface area contributed by atoms with E-state index in [0.29, 0.717) is 41.9 Å². The highest BCUT2D eigenvalue weighted by Crippen LogP contribution is 2.26. The molecule has 1 fully saturated rings. The van der Waals surface area contributed by atoms with Gasteiger partial charge in [0.05, 0.1) is 10.7 Å². The summed E-state index contributed by atoms with van der Waals surface area (Å²) in [6.07, 6.45) is 0. The van der Waals surface area contributed by atoms with Crippen molar-refractivity contribution in [2.24, 2.45) is 0 Å². The fourth-order valence-electron chi connectivity index (χ4n) is 3.14. The molecule has 0 atom stereocenters. The standard InChI is InChI=1S/C20H21Cl2N3O2/c1-13-4-3-5-18(14(13)2)24-8-10-25(11-9-24)20(27)19(26)23-17-7-6-15(21)12-16(17)22/h3-7,12H,8-11H2,1-2H3,(H,23,26). The molecular formula is C20H21Cl2N3O2. The van der Waals surface area contributed by atoms with Crippen LogP contribution in [-0.2, 0) is 9.59 Å². The summed E-state index contributed by atoms with van der Waals surface area (Å²) < 4.78 is 0. The minimum atomic E-state index is -0.695. The highest BCUT2D eigenvalue weighted by atomic mass is 35.5. The minimum absolute atomic E-state index is 0.295. The molecule has 7 heteroatoms. The normalized spacial score (nSPS) is 14.2. The van der Waals surface area contributed by atoms with Crippen molar-refractivity contribution in [1.29, 1.82) is 0 Å². The van der Waals surface area contributed by atoms with Crippen LogP contribution in [0, 0.1) is 13.8 Å². The van der Waals surface area contributed by atoms with E-state index in [1.54, 1.807) is 17.0 Å². The highest BCUT2D eigenvalue weighted by Gasteiger charge is 2.27. The summed E-state index contributed by atoms with van der Waals surface area (Å²) in [7, 11) is 0. The molecule has 5 nitrogen and oxygen atoms in total. The van der Waals surface area contributed by atoms with Crippen molar-refractivity contribution in [1.82, 2.24) is 4.90 Å². The maximum Gasteiger partial charge on any atom is 0.313 e. The molecule has 0 aliphatic carbocycles. The van der Waals surface area contributed by atoms with Crippen LogP contribution in [0.3, 0.4) is 0 Å². The van der Waals surface area contributed by atoms with Gasteiger partial charge in [-0.2, -0.15) is 0 Å². The molecule has 0 aromatic heterocycles. The first kappa shape index (κ1) is 19.5. The lowest BCUT2D eigenvalue weighted by atomic mass is 10.1. The number of halogens is 2. The summed E-state index contributed by atoms with van der Waals surface area (Å²) in [5.41, 5.74) is 4.03. The van der Waals surface area contributed by atoms with Crippen molar-refractivity contribution in [2.45, 2.75) is 13.8 Å². The van der Waals surface area contributed by atoms with Gasteiger partial charge in [-0.3, -0.25) is 9.59 Å². The van der Waals surface area contributed by atoms with Crippen LogP contribution < -0.4 is 10.2 Å². The Kier molecular flexibility index (Phi) is 5.92. The first-order valence-corrected chi connectivity index (χ1v) is 9.49. The van der Waals surface area contributed by atoms with Gasteiger partial charge in [-0.25, -0.2) is 0 Å².